The smallest absolute Gasteiger partial charge is 0.183 e. The predicted molar refractivity (Wildman–Crippen MR) is 86.1 cm³/mol. The van der Waals surface area contributed by atoms with E-state index in [2.05, 4.69) is 19.9 Å². The maximum atomic E-state index is 5.23. The average Bonchev–Trinajstić information content (AvgIpc) is 3.14. The van der Waals surface area contributed by atoms with Crippen molar-refractivity contribution in [1.29, 1.82) is 0 Å². The second-order valence-corrected chi connectivity index (χ2v) is 5.82. The van der Waals surface area contributed by atoms with Gasteiger partial charge in [0.15, 0.2) is 5.13 Å². The molecule has 0 aliphatic heterocycles. The summed E-state index contributed by atoms with van der Waals surface area (Å²) in [7, 11) is 1.68. The van der Waals surface area contributed by atoms with Crippen LogP contribution in [0.25, 0.3) is 10.2 Å². The van der Waals surface area contributed by atoms with Crippen LogP contribution in [0.4, 0.5) is 5.13 Å². The lowest BCUT2D eigenvalue weighted by molar-refractivity contribution is 0.415. The van der Waals surface area contributed by atoms with Gasteiger partial charge in [-0.1, -0.05) is 11.3 Å². The minimum absolute atomic E-state index is 0.873. The Morgan fingerprint density at radius 2 is 2.29 bits per heavy atom. The molecule has 0 fully saturated rings. The number of fused-ring (bicyclic) bond motifs is 1. The van der Waals surface area contributed by atoms with Crippen molar-refractivity contribution in [3.05, 3.63) is 36.9 Å². The molecular weight excluding hydrogens is 284 g/mol. The summed E-state index contributed by atoms with van der Waals surface area (Å²) in [5, 5.41) is 4.37. The van der Waals surface area contributed by atoms with Gasteiger partial charge in [0.05, 0.1) is 23.7 Å². The highest BCUT2D eigenvalue weighted by atomic mass is 32.1. The van der Waals surface area contributed by atoms with Crippen molar-refractivity contribution in [3.63, 3.8) is 0 Å². The molecule has 1 N–H and O–H groups in total. The highest BCUT2D eigenvalue weighted by molar-refractivity contribution is 7.22. The van der Waals surface area contributed by atoms with Crippen molar-refractivity contribution in [2.75, 3.05) is 19.0 Å². The van der Waals surface area contributed by atoms with Crippen molar-refractivity contribution < 1.29 is 4.74 Å². The number of hydrogen-bond acceptors (Lipinski definition) is 5. The standard InChI is InChI=1S/C15H18N4OS/c1-20-12-4-5-13-14(10-12)21-15(18-13)17-6-2-3-8-19-9-7-16-11-19/h4-5,7,9-11H,2-3,6,8H2,1H3,(H,17,18). The van der Waals surface area contributed by atoms with Crippen molar-refractivity contribution in [2.24, 2.45) is 0 Å². The largest absolute Gasteiger partial charge is 0.497 e. The van der Waals surface area contributed by atoms with Gasteiger partial charge >= 0.3 is 0 Å². The molecule has 5 nitrogen and oxygen atoms in total. The number of hydrogen-bond donors (Lipinski definition) is 1. The lowest BCUT2D eigenvalue weighted by Gasteiger charge is -2.03. The van der Waals surface area contributed by atoms with Crippen LogP contribution in [-0.2, 0) is 6.54 Å². The SMILES string of the molecule is COc1ccc2nc(NCCCCn3ccnc3)sc2c1. The summed E-state index contributed by atoms with van der Waals surface area (Å²) in [6.45, 7) is 1.95. The summed E-state index contributed by atoms with van der Waals surface area (Å²) in [6.07, 6.45) is 7.90. The third kappa shape index (κ3) is 3.52. The molecule has 2 aromatic heterocycles. The molecule has 110 valence electrons. The van der Waals surface area contributed by atoms with Crippen LogP contribution in [0.15, 0.2) is 36.9 Å². The highest BCUT2D eigenvalue weighted by Gasteiger charge is 2.04. The van der Waals surface area contributed by atoms with Crippen molar-refractivity contribution in [2.45, 2.75) is 19.4 Å². The van der Waals surface area contributed by atoms with Gasteiger partial charge in [0, 0.05) is 25.5 Å². The van der Waals surface area contributed by atoms with Gasteiger partial charge in [0.1, 0.15) is 5.75 Å². The first-order valence-corrected chi connectivity index (χ1v) is 7.81. The second kappa shape index (κ2) is 6.58. The maximum Gasteiger partial charge on any atom is 0.183 e. The van der Waals surface area contributed by atoms with Crippen LogP contribution >= 0.6 is 11.3 Å². The Balaban J connectivity index is 1.48. The summed E-state index contributed by atoms with van der Waals surface area (Å²) >= 11 is 1.67. The van der Waals surface area contributed by atoms with Crippen molar-refractivity contribution in [1.82, 2.24) is 14.5 Å². The predicted octanol–water partition coefficient (Wildman–Crippen LogP) is 3.39. The van der Waals surface area contributed by atoms with Gasteiger partial charge in [0.2, 0.25) is 0 Å². The number of methoxy groups -OCH3 is 1. The molecule has 3 rings (SSSR count). The van der Waals surface area contributed by atoms with E-state index in [4.69, 9.17) is 4.74 Å². The van der Waals surface area contributed by atoms with Crippen LogP contribution in [0.5, 0.6) is 5.75 Å². The molecule has 0 saturated heterocycles. The first kappa shape index (κ1) is 13.9. The molecule has 0 amide bonds. The van der Waals surface area contributed by atoms with E-state index in [1.54, 1.807) is 18.4 Å². The number of ether oxygens (including phenoxy) is 1. The highest BCUT2D eigenvalue weighted by Crippen LogP contribution is 2.29. The number of nitrogens with one attached hydrogen (secondary N) is 1. The molecule has 0 bridgehead atoms. The van der Waals surface area contributed by atoms with Gasteiger partial charge in [-0.3, -0.25) is 0 Å². The Labute approximate surface area is 127 Å². The third-order valence-corrected chi connectivity index (χ3v) is 4.25. The van der Waals surface area contributed by atoms with Crippen LogP contribution < -0.4 is 10.1 Å². The van der Waals surface area contributed by atoms with Crippen LogP contribution in [0, 0.1) is 0 Å². The van der Waals surface area contributed by atoms with Crippen LogP contribution in [0.2, 0.25) is 0 Å². The monoisotopic (exact) mass is 302 g/mol. The lowest BCUT2D eigenvalue weighted by Crippen LogP contribution is -2.03. The summed E-state index contributed by atoms with van der Waals surface area (Å²) < 4.78 is 8.48. The summed E-state index contributed by atoms with van der Waals surface area (Å²) in [5.74, 6) is 0.873. The molecule has 1 aromatic carbocycles. The molecule has 3 aromatic rings. The van der Waals surface area contributed by atoms with E-state index >= 15 is 0 Å². The topological polar surface area (TPSA) is 52.0 Å². The fourth-order valence-electron chi connectivity index (χ4n) is 2.14. The first-order valence-electron chi connectivity index (χ1n) is 6.99. The number of rotatable bonds is 7. The van der Waals surface area contributed by atoms with Crippen molar-refractivity contribution in [3.8, 4) is 5.75 Å². The molecule has 0 saturated carbocycles. The third-order valence-electron chi connectivity index (χ3n) is 3.27. The number of unbranched alkanes of at least 4 members (excludes halogenated alkanes) is 1. The number of nitrogens with zero attached hydrogens (tertiary/aromatic N) is 3. The Kier molecular flexibility index (Phi) is 4.35. The van der Waals surface area contributed by atoms with E-state index in [1.165, 1.54) is 0 Å². The van der Waals surface area contributed by atoms with E-state index in [1.807, 2.05) is 36.9 Å². The van der Waals surface area contributed by atoms with E-state index < -0.39 is 0 Å². The molecular formula is C15H18N4OS. The van der Waals surface area contributed by atoms with E-state index in [9.17, 15) is 0 Å². The fourth-order valence-corrected chi connectivity index (χ4v) is 3.06. The molecule has 0 radical (unpaired) electrons. The first-order chi connectivity index (χ1) is 10.3. The molecule has 21 heavy (non-hydrogen) atoms. The van der Waals surface area contributed by atoms with Gasteiger partial charge in [-0.05, 0) is 31.0 Å². The number of aromatic nitrogens is 3. The van der Waals surface area contributed by atoms with E-state index in [0.717, 1.165) is 47.0 Å². The van der Waals surface area contributed by atoms with Gasteiger partial charge in [0.25, 0.3) is 0 Å². The minimum atomic E-state index is 0.873. The summed E-state index contributed by atoms with van der Waals surface area (Å²) in [6, 6.07) is 5.96. The quantitative estimate of drug-likeness (QED) is 0.680. The lowest BCUT2D eigenvalue weighted by atomic mass is 10.3. The number of imidazole rings is 1. The van der Waals surface area contributed by atoms with Gasteiger partial charge in [-0.25, -0.2) is 9.97 Å². The Hall–Kier alpha value is -2.08. The van der Waals surface area contributed by atoms with E-state index in [0.29, 0.717) is 0 Å². The maximum absolute atomic E-state index is 5.23. The van der Waals surface area contributed by atoms with Crippen LogP contribution in [0.3, 0.4) is 0 Å². The van der Waals surface area contributed by atoms with Gasteiger partial charge in [-0.15, -0.1) is 0 Å². The molecule has 6 heteroatoms. The molecule has 0 aliphatic carbocycles. The van der Waals surface area contributed by atoms with Crippen LogP contribution in [-0.4, -0.2) is 28.2 Å². The molecule has 0 atom stereocenters. The van der Waals surface area contributed by atoms with Crippen molar-refractivity contribution >= 4 is 26.7 Å². The number of anilines is 1. The minimum Gasteiger partial charge on any atom is -0.497 e. The summed E-state index contributed by atoms with van der Waals surface area (Å²) in [5.41, 5.74) is 1.02. The molecule has 0 unspecified atom stereocenters. The van der Waals surface area contributed by atoms with Gasteiger partial charge in [-0.2, -0.15) is 0 Å². The molecule has 0 spiro atoms. The van der Waals surface area contributed by atoms with Gasteiger partial charge < -0.3 is 14.6 Å². The summed E-state index contributed by atoms with van der Waals surface area (Å²) in [4.78, 5) is 8.61. The fraction of sp³-hybridized carbons (Fsp3) is 0.333. The van der Waals surface area contributed by atoms with E-state index in [-0.39, 0.29) is 0 Å². The zero-order chi connectivity index (χ0) is 14.5. The average molecular weight is 302 g/mol. The Morgan fingerprint density at radius 3 is 3.10 bits per heavy atom. The molecule has 0 aliphatic rings. The number of thiazole rings is 1. The Bertz CT molecular complexity index is 693. The zero-order valence-corrected chi connectivity index (χ0v) is 12.8. The normalized spacial score (nSPS) is 10.9. The second-order valence-electron chi connectivity index (χ2n) is 4.79. The number of aryl methyl sites for hydroxylation is 1. The zero-order valence-electron chi connectivity index (χ0n) is 12.0. The van der Waals surface area contributed by atoms with Crippen LogP contribution in [0.1, 0.15) is 12.8 Å². The Morgan fingerprint density at radius 1 is 1.33 bits per heavy atom. The number of benzene rings is 1. The molecule has 2 heterocycles.